The lowest BCUT2D eigenvalue weighted by Crippen LogP contribution is -2.66. The van der Waals surface area contributed by atoms with Crippen molar-refractivity contribution in [3.63, 3.8) is 0 Å². The van der Waals surface area contributed by atoms with E-state index in [-0.39, 0.29) is 18.6 Å². The number of anilines is 1. The maximum absolute atomic E-state index is 12.9. The first-order chi connectivity index (χ1) is 12.6. The van der Waals surface area contributed by atoms with Crippen molar-refractivity contribution in [1.82, 2.24) is 5.32 Å². The number of ether oxygens (including phenoxy) is 1. The first-order valence-corrected chi connectivity index (χ1v) is 9.49. The van der Waals surface area contributed by atoms with Gasteiger partial charge in [-0.05, 0) is 37.1 Å². The largest absolute Gasteiger partial charge is 0.463 e. The molecule has 0 unspecified atom stereocenters. The van der Waals surface area contributed by atoms with Crippen LogP contribution in [0.5, 0.6) is 0 Å². The molecule has 2 aliphatic rings. The zero-order valence-electron chi connectivity index (χ0n) is 14.4. The fourth-order valence-electron chi connectivity index (χ4n) is 4.01. The predicted octanol–water partition coefficient (Wildman–Crippen LogP) is 3.79. The van der Waals surface area contributed by atoms with Crippen molar-refractivity contribution in [3.8, 4) is 0 Å². The Kier molecular flexibility index (Phi) is 4.23. The molecule has 0 aliphatic carbocycles. The molecule has 0 aromatic heterocycles. The highest BCUT2D eigenvalue weighted by molar-refractivity contribution is 9.10. The molecule has 0 bridgehead atoms. The molecule has 2 aromatic rings. The van der Waals surface area contributed by atoms with E-state index in [0.29, 0.717) is 12.0 Å². The zero-order chi connectivity index (χ0) is 18.3. The summed E-state index contributed by atoms with van der Waals surface area (Å²) in [6.45, 7) is 2.05. The second-order valence-corrected chi connectivity index (χ2v) is 7.45. The third-order valence-electron chi connectivity index (χ3n) is 5.08. The molecule has 1 fully saturated rings. The SMILES string of the molecule is CCOC(=O)[C@@]12CC[C@@H](c3ccccc3)N1c1ccc(Br)cc1C(=O)N2. The van der Waals surface area contributed by atoms with Crippen molar-refractivity contribution < 1.29 is 14.3 Å². The molecule has 1 saturated heterocycles. The average Bonchev–Trinajstić information content (AvgIpc) is 3.03. The van der Waals surface area contributed by atoms with E-state index in [0.717, 1.165) is 22.1 Å². The van der Waals surface area contributed by atoms with Gasteiger partial charge in [0, 0.05) is 10.9 Å². The quantitative estimate of drug-likeness (QED) is 0.776. The van der Waals surface area contributed by atoms with Gasteiger partial charge in [-0.15, -0.1) is 0 Å². The Morgan fingerprint density at radius 2 is 2.08 bits per heavy atom. The Morgan fingerprint density at radius 3 is 2.81 bits per heavy atom. The van der Waals surface area contributed by atoms with Crippen LogP contribution in [0, 0.1) is 0 Å². The van der Waals surface area contributed by atoms with Gasteiger partial charge in [0.15, 0.2) is 0 Å². The van der Waals surface area contributed by atoms with E-state index < -0.39 is 11.6 Å². The Bertz CT molecular complexity index is 871. The third kappa shape index (κ3) is 2.51. The topological polar surface area (TPSA) is 58.6 Å². The van der Waals surface area contributed by atoms with Gasteiger partial charge in [-0.2, -0.15) is 0 Å². The number of hydrogen-bond acceptors (Lipinski definition) is 4. The minimum atomic E-state index is -1.16. The molecule has 4 rings (SSSR count). The summed E-state index contributed by atoms with van der Waals surface area (Å²) in [5.74, 6) is -0.653. The van der Waals surface area contributed by atoms with Gasteiger partial charge in [-0.25, -0.2) is 4.79 Å². The second kappa shape index (κ2) is 6.43. The molecule has 2 aliphatic heterocycles. The summed E-state index contributed by atoms with van der Waals surface area (Å²) in [4.78, 5) is 27.7. The van der Waals surface area contributed by atoms with Gasteiger partial charge >= 0.3 is 5.97 Å². The standard InChI is InChI=1S/C20H19BrN2O3/c1-2-26-19(25)20-11-10-16(13-6-4-3-5-7-13)23(20)17-9-8-14(21)12-15(17)18(24)22-20/h3-9,12,16H,2,10-11H2,1H3,(H,22,24)/t16-,20+/m0/s1. The predicted molar refractivity (Wildman–Crippen MR) is 102 cm³/mol. The minimum Gasteiger partial charge on any atom is -0.463 e. The van der Waals surface area contributed by atoms with Crippen LogP contribution in [0.3, 0.4) is 0 Å². The van der Waals surface area contributed by atoms with Crippen molar-refractivity contribution in [2.24, 2.45) is 0 Å². The monoisotopic (exact) mass is 414 g/mol. The average molecular weight is 415 g/mol. The lowest BCUT2D eigenvalue weighted by Gasteiger charge is -2.45. The van der Waals surface area contributed by atoms with E-state index in [2.05, 4.69) is 33.4 Å². The highest BCUT2D eigenvalue weighted by atomic mass is 79.9. The number of fused-ring (bicyclic) bond motifs is 3. The fourth-order valence-corrected chi connectivity index (χ4v) is 4.37. The molecule has 0 spiro atoms. The number of halogens is 1. The summed E-state index contributed by atoms with van der Waals surface area (Å²) in [7, 11) is 0. The van der Waals surface area contributed by atoms with Gasteiger partial charge < -0.3 is 15.0 Å². The van der Waals surface area contributed by atoms with Crippen LogP contribution >= 0.6 is 15.9 Å². The molecule has 0 saturated carbocycles. The van der Waals surface area contributed by atoms with Crippen molar-refractivity contribution in [2.45, 2.75) is 31.5 Å². The molecule has 2 aromatic carbocycles. The normalized spacial score (nSPS) is 23.8. The van der Waals surface area contributed by atoms with Crippen LogP contribution in [0.15, 0.2) is 53.0 Å². The number of hydrogen-bond donors (Lipinski definition) is 1. The van der Waals surface area contributed by atoms with Gasteiger partial charge in [0.1, 0.15) is 0 Å². The van der Waals surface area contributed by atoms with Crippen LogP contribution in [-0.4, -0.2) is 24.1 Å². The molecule has 5 nitrogen and oxygen atoms in total. The molecule has 2 heterocycles. The van der Waals surface area contributed by atoms with Gasteiger partial charge in [0.2, 0.25) is 5.66 Å². The van der Waals surface area contributed by atoms with Crippen molar-refractivity contribution >= 4 is 33.5 Å². The number of benzene rings is 2. The van der Waals surface area contributed by atoms with Gasteiger partial charge in [0.25, 0.3) is 5.91 Å². The Balaban J connectivity index is 1.89. The summed E-state index contributed by atoms with van der Waals surface area (Å²) in [6.07, 6.45) is 1.26. The van der Waals surface area contributed by atoms with Crippen LogP contribution in [0.25, 0.3) is 0 Å². The molecule has 134 valence electrons. The fraction of sp³-hybridized carbons (Fsp3) is 0.300. The van der Waals surface area contributed by atoms with E-state index >= 15 is 0 Å². The summed E-state index contributed by atoms with van der Waals surface area (Å²) >= 11 is 3.43. The van der Waals surface area contributed by atoms with E-state index in [1.54, 1.807) is 13.0 Å². The summed E-state index contributed by atoms with van der Waals surface area (Å²) < 4.78 is 6.18. The first kappa shape index (κ1) is 17.1. The Morgan fingerprint density at radius 1 is 1.31 bits per heavy atom. The number of rotatable bonds is 3. The van der Waals surface area contributed by atoms with Crippen LogP contribution in [-0.2, 0) is 9.53 Å². The first-order valence-electron chi connectivity index (χ1n) is 8.70. The van der Waals surface area contributed by atoms with E-state index in [1.165, 1.54) is 0 Å². The summed E-state index contributed by atoms with van der Waals surface area (Å²) in [5, 5.41) is 2.95. The highest BCUT2D eigenvalue weighted by Crippen LogP contribution is 2.48. The molecular formula is C20H19BrN2O3. The number of carbonyl (C=O) groups excluding carboxylic acids is 2. The summed E-state index contributed by atoms with van der Waals surface area (Å²) in [5.41, 5.74) is 1.27. The smallest absolute Gasteiger partial charge is 0.353 e. The lowest BCUT2D eigenvalue weighted by molar-refractivity contribution is -0.150. The molecule has 6 heteroatoms. The molecule has 1 amide bonds. The van der Waals surface area contributed by atoms with E-state index in [9.17, 15) is 9.59 Å². The van der Waals surface area contributed by atoms with Crippen LogP contribution in [0.2, 0.25) is 0 Å². The third-order valence-corrected chi connectivity index (χ3v) is 5.58. The zero-order valence-corrected chi connectivity index (χ0v) is 16.0. The molecular weight excluding hydrogens is 396 g/mol. The Labute approximate surface area is 160 Å². The molecule has 1 N–H and O–H groups in total. The second-order valence-electron chi connectivity index (χ2n) is 6.53. The molecule has 2 atom stereocenters. The number of nitrogens with zero attached hydrogens (tertiary/aromatic N) is 1. The lowest BCUT2D eigenvalue weighted by atomic mass is 9.99. The maximum Gasteiger partial charge on any atom is 0.353 e. The number of nitrogens with one attached hydrogen (secondary N) is 1. The molecule has 26 heavy (non-hydrogen) atoms. The minimum absolute atomic E-state index is 0.0128. The number of carbonyl (C=O) groups is 2. The number of amides is 1. The number of esters is 1. The van der Waals surface area contributed by atoms with Crippen molar-refractivity contribution in [1.29, 1.82) is 0 Å². The summed E-state index contributed by atoms with van der Waals surface area (Å²) in [6, 6.07) is 15.6. The van der Waals surface area contributed by atoms with Gasteiger partial charge in [-0.3, -0.25) is 4.79 Å². The highest BCUT2D eigenvalue weighted by Gasteiger charge is 2.57. The molecule has 0 radical (unpaired) electrons. The van der Waals surface area contributed by atoms with Gasteiger partial charge in [0.05, 0.1) is 23.9 Å². The van der Waals surface area contributed by atoms with Crippen LogP contribution < -0.4 is 10.2 Å². The van der Waals surface area contributed by atoms with Crippen molar-refractivity contribution in [2.75, 3.05) is 11.5 Å². The van der Waals surface area contributed by atoms with Crippen LogP contribution in [0.4, 0.5) is 5.69 Å². The van der Waals surface area contributed by atoms with E-state index in [4.69, 9.17) is 4.74 Å². The maximum atomic E-state index is 12.9. The van der Waals surface area contributed by atoms with E-state index in [1.807, 2.05) is 35.2 Å². The van der Waals surface area contributed by atoms with Gasteiger partial charge in [-0.1, -0.05) is 46.3 Å². The van der Waals surface area contributed by atoms with Crippen LogP contribution in [0.1, 0.15) is 41.7 Å². The Hall–Kier alpha value is -2.34. The van der Waals surface area contributed by atoms with Crippen molar-refractivity contribution in [3.05, 3.63) is 64.1 Å².